The van der Waals surface area contributed by atoms with Gasteiger partial charge >= 0.3 is 0 Å². The molecule has 0 saturated heterocycles. The van der Waals surface area contributed by atoms with Gasteiger partial charge in [-0.15, -0.1) is 12.4 Å². The molecule has 0 aromatic heterocycles. The van der Waals surface area contributed by atoms with Crippen LogP contribution in [0.1, 0.15) is 41.0 Å². The highest BCUT2D eigenvalue weighted by Crippen LogP contribution is 2.30. The number of fused-ring (bicyclic) bond motifs is 1. The number of ether oxygens (including phenoxy) is 1. The summed E-state index contributed by atoms with van der Waals surface area (Å²) in [6, 6.07) is 3.86. The molecule has 1 heterocycles. The van der Waals surface area contributed by atoms with E-state index in [-0.39, 0.29) is 54.2 Å². The summed E-state index contributed by atoms with van der Waals surface area (Å²) in [6.07, 6.45) is 0.717. The van der Waals surface area contributed by atoms with Crippen LogP contribution in [0, 0.1) is 5.92 Å². The van der Waals surface area contributed by atoms with Gasteiger partial charge in [0.2, 0.25) is 0 Å². The smallest absolute Gasteiger partial charge is 0.269 e. The molecule has 1 aliphatic heterocycles. The number of halogens is 1. The maximum atomic E-state index is 12.6. The van der Waals surface area contributed by atoms with Crippen molar-refractivity contribution in [3.63, 3.8) is 0 Å². The highest BCUT2D eigenvalue weighted by molar-refractivity contribution is 7.90. The van der Waals surface area contributed by atoms with Gasteiger partial charge in [0.25, 0.3) is 21.8 Å². The van der Waals surface area contributed by atoms with Gasteiger partial charge in [0, 0.05) is 25.3 Å². The number of hydrogen-bond donors (Lipinski definition) is 2. The van der Waals surface area contributed by atoms with Crippen LogP contribution in [-0.2, 0) is 14.8 Å². The van der Waals surface area contributed by atoms with Crippen molar-refractivity contribution < 1.29 is 22.7 Å². The fourth-order valence-corrected chi connectivity index (χ4v) is 4.44. The third-order valence-electron chi connectivity index (χ3n) is 4.14. The molecule has 1 unspecified atom stereocenters. The fraction of sp³-hybridized carbons (Fsp3) is 0.529. The van der Waals surface area contributed by atoms with E-state index < -0.39 is 21.8 Å². The Labute approximate surface area is 165 Å². The molecule has 0 aliphatic carbocycles. The summed E-state index contributed by atoms with van der Waals surface area (Å²) in [5.74, 6) is -0.665. The average Bonchev–Trinajstić information content (AvgIpc) is 2.78. The molecule has 0 fully saturated rings. The molecular formula is C17H26ClN3O5S. The predicted octanol–water partition coefficient (Wildman–Crippen LogP) is 1.00. The molecule has 1 aliphatic rings. The van der Waals surface area contributed by atoms with Crippen molar-refractivity contribution in [3.05, 3.63) is 29.3 Å². The first-order valence-corrected chi connectivity index (χ1v) is 9.87. The monoisotopic (exact) mass is 419 g/mol. The maximum absolute atomic E-state index is 12.6. The Morgan fingerprint density at radius 1 is 1.33 bits per heavy atom. The van der Waals surface area contributed by atoms with Crippen molar-refractivity contribution in [1.82, 2.24) is 9.62 Å². The van der Waals surface area contributed by atoms with Crippen LogP contribution in [0.2, 0.25) is 0 Å². The number of amides is 2. The minimum absolute atomic E-state index is 0. The quantitative estimate of drug-likeness (QED) is 0.648. The van der Waals surface area contributed by atoms with Crippen molar-refractivity contribution in [2.75, 3.05) is 26.8 Å². The Bertz CT molecular complexity index is 798. The third kappa shape index (κ3) is 4.98. The van der Waals surface area contributed by atoms with Gasteiger partial charge in [-0.2, -0.15) is 0 Å². The summed E-state index contributed by atoms with van der Waals surface area (Å²) >= 11 is 0. The molecule has 3 N–H and O–H groups in total. The van der Waals surface area contributed by atoms with E-state index in [2.05, 4.69) is 5.32 Å². The number of rotatable bonds is 8. The second-order valence-corrected chi connectivity index (χ2v) is 8.45. The molecule has 1 aromatic carbocycles. The molecule has 152 valence electrons. The normalized spacial score (nSPS) is 16.0. The van der Waals surface area contributed by atoms with Gasteiger partial charge < -0.3 is 15.8 Å². The van der Waals surface area contributed by atoms with Crippen LogP contribution in [0.5, 0.6) is 0 Å². The first-order chi connectivity index (χ1) is 12.2. The van der Waals surface area contributed by atoms with Crippen molar-refractivity contribution >= 4 is 34.2 Å². The molecule has 2 rings (SSSR count). The van der Waals surface area contributed by atoms with Gasteiger partial charge in [0.1, 0.15) is 4.90 Å². The fourth-order valence-electron chi connectivity index (χ4n) is 2.86. The number of carbonyl (C=O) groups is 2. The molecule has 1 aromatic rings. The van der Waals surface area contributed by atoms with Crippen LogP contribution in [0.3, 0.4) is 0 Å². The lowest BCUT2D eigenvalue weighted by molar-refractivity contribution is 0.0835. The number of nitrogens with zero attached hydrogens (tertiary/aromatic N) is 1. The number of methoxy groups -OCH3 is 1. The molecular weight excluding hydrogens is 394 g/mol. The van der Waals surface area contributed by atoms with E-state index in [0.717, 1.165) is 10.7 Å². The van der Waals surface area contributed by atoms with Crippen molar-refractivity contribution in [2.24, 2.45) is 11.7 Å². The Kier molecular flexibility index (Phi) is 8.22. The molecule has 8 nitrogen and oxygen atoms in total. The van der Waals surface area contributed by atoms with E-state index >= 15 is 0 Å². The Balaban J connectivity index is 0.00000364. The van der Waals surface area contributed by atoms with Gasteiger partial charge in [0.15, 0.2) is 0 Å². The van der Waals surface area contributed by atoms with Crippen LogP contribution < -0.4 is 11.1 Å². The lowest BCUT2D eigenvalue weighted by atomic mass is 10.0. The van der Waals surface area contributed by atoms with E-state index in [1.165, 1.54) is 25.3 Å². The Hall–Kier alpha value is -1.68. The Morgan fingerprint density at radius 2 is 2.00 bits per heavy atom. The molecule has 0 radical (unpaired) electrons. The topological polar surface area (TPSA) is 119 Å². The summed E-state index contributed by atoms with van der Waals surface area (Å²) in [6.45, 7) is 4.36. The standard InChI is InChI=1S/C17H25N3O5S.ClH/c1-11(2)8-13(10-18)19-16(21)12-4-5-14-15(9-12)26(23,24)20(17(14)22)6-7-25-3;/h4-5,9,11,13H,6-8,10,18H2,1-3H3,(H,19,21);1H. The van der Waals surface area contributed by atoms with Gasteiger partial charge in [-0.1, -0.05) is 13.8 Å². The van der Waals surface area contributed by atoms with Crippen LogP contribution >= 0.6 is 12.4 Å². The van der Waals surface area contributed by atoms with Crippen molar-refractivity contribution in [3.8, 4) is 0 Å². The number of nitrogens with two attached hydrogens (primary N) is 1. The predicted molar refractivity (Wildman–Crippen MR) is 104 cm³/mol. The molecule has 10 heteroatoms. The third-order valence-corrected chi connectivity index (χ3v) is 5.97. The zero-order valence-corrected chi connectivity index (χ0v) is 17.2. The van der Waals surface area contributed by atoms with Gasteiger partial charge in [-0.3, -0.25) is 9.59 Å². The molecule has 1 atom stereocenters. The zero-order valence-electron chi connectivity index (χ0n) is 15.6. The summed E-state index contributed by atoms with van der Waals surface area (Å²) < 4.78 is 30.8. The van der Waals surface area contributed by atoms with Crippen LogP contribution in [-0.4, -0.2) is 57.4 Å². The van der Waals surface area contributed by atoms with Gasteiger partial charge in [0.05, 0.1) is 18.7 Å². The Morgan fingerprint density at radius 3 is 2.56 bits per heavy atom. The second kappa shape index (κ2) is 9.50. The van der Waals surface area contributed by atoms with E-state index in [1.54, 1.807) is 0 Å². The number of benzene rings is 1. The second-order valence-electron chi connectivity index (χ2n) is 6.62. The zero-order chi connectivity index (χ0) is 19.5. The SMILES string of the molecule is COCCN1C(=O)c2ccc(C(=O)NC(CN)CC(C)C)cc2S1(=O)=O.Cl. The van der Waals surface area contributed by atoms with Crippen LogP contribution in [0.25, 0.3) is 0 Å². The molecule has 0 bridgehead atoms. The average molecular weight is 420 g/mol. The molecule has 2 amide bonds. The van der Waals surface area contributed by atoms with Crippen LogP contribution in [0.4, 0.5) is 0 Å². The summed E-state index contributed by atoms with van der Waals surface area (Å²) in [7, 11) is -2.55. The summed E-state index contributed by atoms with van der Waals surface area (Å²) in [4.78, 5) is 24.6. The van der Waals surface area contributed by atoms with Gasteiger partial charge in [-0.05, 0) is 30.5 Å². The minimum atomic E-state index is -3.98. The number of hydrogen-bond acceptors (Lipinski definition) is 6. The summed E-state index contributed by atoms with van der Waals surface area (Å²) in [5, 5.41) is 2.81. The lowest BCUT2D eigenvalue weighted by Gasteiger charge is -2.19. The van der Waals surface area contributed by atoms with E-state index in [4.69, 9.17) is 10.5 Å². The molecule has 0 spiro atoms. The summed E-state index contributed by atoms with van der Waals surface area (Å²) in [5.41, 5.74) is 5.93. The molecule has 0 saturated carbocycles. The van der Waals surface area contributed by atoms with Crippen molar-refractivity contribution in [1.29, 1.82) is 0 Å². The number of nitrogens with one attached hydrogen (secondary N) is 1. The number of sulfonamides is 1. The van der Waals surface area contributed by atoms with Crippen molar-refractivity contribution in [2.45, 2.75) is 31.2 Å². The van der Waals surface area contributed by atoms with Crippen LogP contribution in [0.15, 0.2) is 23.1 Å². The molecule has 27 heavy (non-hydrogen) atoms. The maximum Gasteiger partial charge on any atom is 0.269 e. The van der Waals surface area contributed by atoms with Gasteiger partial charge in [-0.25, -0.2) is 12.7 Å². The minimum Gasteiger partial charge on any atom is -0.383 e. The largest absolute Gasteiger partial charge is 0.383 e. The van der Waals surface area contributed by atoms with E-state index in [1.807, 2.05) is 13.8 Å². The first kappa shape index (κ1) is 23.4. The lowest BCUT2D eigenvalue weighted by Crippen LogP contribution is -2.41. The first-order valence-electron chi connectivity index (χ1n) is 8.43. The van der Waals surface area contributed by atoms with E-state index in [9.17, 15) is 18.0 Å². The highest BCUT2D eigenvalue weighted by atomic mass is 35.5. The van der Waals surface area contributed by atoms with E-state index in [0.29, 0.717) is 5.92 Å². The number of carbonyl (C=O) groups excluding carboxylic acids is 2. The highest BCUT2D eigenvalue weighted by Gasteiger charge is 2.41.